The quantitative estimate of drug-likeness (QED) is 0.246. The number of nitrogens with one attached hydrogen (secondary N) is 2. The number of carboxylic acid groups (broad SMARTS) is 1. The standard InChI is InChI=1S/C27H34N2O9/c30-25(28-9-11-34-14-16-37-19-26(31)32)18-36-15-13-35-12-10-29-27(33)38-17-24-22-7-3-1-5-20(22)21-6-2-4-8-23(21)24/h1-8,24H,9-19H2,(H,28,30)(H,29,33)(H,31,32). The molecule has 2 aromatic carbocycles. The highest BCUT2D eigenvalue weighted by atomic mass is 16.6. The van der Waals surface area contributed by atoms with E-state index in [9.17, 15) is 14.4 Å². The number of amides is 2. The molecule has 0 unspecified atom stereocenters. The van der Waals surface area contributed by atoms with Gasteiger partial charge in [-0.2, -0.15) is 0 Å². The predicted octanol–water partition coefficient (Wildman–Crippen LogP) is 1.79. The van der Waals surface area contributed by atoms with Gasteiger partial charge in [0.15, 0.2) is 0 Å². The molecule has 2 amide bonds. The first kappa shape index (κ1) is 29.1. The topological polar surface area (TPSA) is 142 Å². The third-order valence-corrected chi connectivity index (χ3v) is 5.63. The molecule has 0 aliphatic heterocycles. The second kappa shape index (κ2) is 16.4. The highest BCUT2D eigenvalue weighted by molar-refractivity contribution is 5.79. The van der Waals surface area contributed by atoms with E-state index in [0.717, 1.165) is 11.1 Å². The van der Waals surface area contributed by atoms with Crippen LogP contribution >= 0.6 is 0 Å². The molecule has 1 aliphatic carbocycles. The van der Waals surface area contributed by atoms with E-state index < -0.39 is 12.1 Å². The summed E-state index contributed by atoms with van der Waals surface area (Å²) >= 11 is 0. The summed E-state index contributed by atoms with van der Waals surface area (Å²) in [5, 5.41) is 13.7. The van der Waals surface area contributed by atoms with Gasteiger partial charge in [-0.1, -0.05) is 48.5 Å². The fourth-order valence-electron chi connectivity index (χ4n) is 3.95. The molecule has 0 heterocycles. The molecule has 3 rings (SSSR count). The number of benzene rings is 2. The summed E-state index contributed by atoms with van der Waals surface area (Å²) in [7, 11) is 0. The van der Waals surface area contributed by atoms with Gasteiger partial charge in [0.2, 0.25) is 5.91 Å². The van der Waals surface area contributed by atoms with Gasteiger partial charge in [-0.15, -0.1) is 0 Å². The Morgan fingerprint density at radius 1 is 0.684 bits per heavy atom. The van der Waals surface area contributed by atoms with Gasteiger partial charge < -0.3 is 39.4 Å². The first-order valence-electron chi connectivity index (χ1n) is 12.4. The average Bonchev–Trinajstić information content (AvgIpc) is 3.24. The zero-order chi connectivity index (χ0) is 27.0. The van der Waals surface area contributed by atoms with E-state index in [2.05, 4.69) is 34.9 Å². The van der Waals surface area contributed by atoms with Crippen molar-refractivity contribution in [1.82, 2.24) is 10.6 Å². The Kier molecular flexibility index (Phi) is 12.5. The Bertz CT molecular complexity index is 1000. The summed E-state index contributed by atoms with van der Waals surface area (Å²) in [5.74, 6) is -1.31. The summed E-state index contributed by atoms with van der Waals surface area (Å²) < 4.78 is 26.1. The van der Waals surface area contributed by atoms with Gasteiger partial charge in [0.1, 0.15) is 19.8 Å². The number of carbonyl (C=O) groups excluding carboxylic acids is 2. The number of carbonyl (C=O) groups is 3. The number of hydrogen-bond acceptors (Lipinski definition) is 8. The Labute approximate surface area is 221 Å². The van der Waals surface area contributed by atoms with Crippen molar-refractivity contribution < 1.29 is 43.2 Å². The lowest BCUT2D eigenvalue weighted by Gasteiger charge is -2.14. The highest BCUT2D eigenvalue weighted by Gasteiger charge is 2.28. The molecule has 11 heteroatoms. The lowest BCUT2D eigenvalue weighted by molar-refractivity contribution is -0.142. The van der Waals surface area contributed by atoms with Crippen LogP contribution < -0.4 is 10.6 Å². The average molecular weight is 531 g/mol. The maximum Gasteiger partial charge on any atom is 0.407 e. The van der Waals surface area contributed by atoms with Crippen molar-refractivity contribution in [2.75, 3.05) is 72.6 Å². The maximum absolute atomic E-state index is 12.1. The number of aliphatic carboxylic acids is 1. The molecule has 38 heavy (non-hydrogen) atoms. The second-order valence-corrected chi connectivity index (χ2v) is 8.33. The van der Waals surface area contributed by atoms with Crippen LogP contribution in [0.15, 0.2) is 48.5 Å². The SMILES string of the molecule is O=C(O)COCCOCCNC(=O)COCCOCCNC(=O)OCC1c2ccccc2-c2ccccc21. The zero-order valence-corrected chi connectivity index (χ0v) is 21.2. The summed E-state index contributed by atoms with van der Waals surface area (Å²) in [6.45, 7) is 1.86. The second-order valence-electron chi connectivity index (χ2n) is 8.33. The maximum atomic E-state index is 12.1. The molecule has 3 N–H and O–H groups in total. The van der Waals surface area contributed by atoms with Crippen molar-refractivity contribution in [3.8, 4) is 11.1 Å². The van der Waals surface area contributed by atoms with Gasteiger partial charge in [-0.05, 0) is 22.3 Å². The molecule has 0 aromatic heterocycles. The molecule has 0 atom stereocenters. The molecular formula is C27H34N2O9. The van der Waals surface area contributed by atoms with E-state index in [1.807, 2.05) is 24.3 Å². The zero-order valence-electron chi connectivity index (χ0n) is 21.2. The minimum Gasteiger partial charge on any atom is -0.480 e. The molecule has 0 fully saturated rings. The summed E-state index contributed by atoms with van der Waals surface area (Å²) in [6, 6.07) is 16.3. The largest absolute Gasteiger partial charge is 0.480 e. The first-order valence-corrected chi connectivity index (χ1v) is 12.4. The molecule has 0 saturated heterocycles. The molecule has 0 bridgehead atoms. The third kappa shape index (κ3) is 9.75. The van der Waals surface area contributed by atoms with Crippen LogP contribution in [0.4, 0.5) is 4.79 Å². The predicted molar refractivity (Wildman–Crippen MR) is 137 cm³/mol. The van der Waals surface area contributed by atoms with Crippen LogP contribution in [-0.4, -0.2) is 95.6 Å². The van der Waals surface area contributed by atoms with Crippen LogP contribution in [0.1, 0.15) is 17.0 Å². The van der Waals surface area contributed by atoms with Crippen LogP contribution in [0.3, 0.4) is 0 Å². The van der Waals surface area contributed by atoms with Crippen molar-refractivity contribution in [3.63, 3.8) is 0 Å². The van der Waals surface area contributed by atoms with Crippen molar-refractivity contribution in [1.29, 1.82) is 0 Å². The number of carboxylic acids is 1. The molecule has 2 aromatic rings. The molecular weight excluding hydrogens is 496 g/mol. The minimum atomic E-state index is -1.03. The van der Waals surface area contributed by atoms with Gasteiger partial charge in [-0.25, -0.2) is 9.59 Å². The number of alkyl carbamates (subject to hydrolysis) is 1. The van der Waals surface area contributed by atoms with Gasteiger partial charge in [-0.3, -0.25) is 4.79 Å². The normalized spacial score (nSPS) is 12.0. The van der Waals surface area contributed by atoms with Crippen LogP contribution in [0.5, 0.6) is 0 Å². The summed E-state index contributed by atoms with van der Waals surface area (Å²) in [4.78, 5) is 34.1. The molecule has 1 aliphatic rings. The van der Waals surface area contributed by atoms with Crippen molar-refractivity contribution in [3.05, 3.63) is 59.7 Å². The van der Waals surface area contributed by atoms with Gasteiger partial charge in [0.25, 0.3) is 0 Å². The smallest absolute Gasteiger partial charge is 0.407 e. The van der Waals surface area contributed by atoms with Crippen molar-refractivity contribution >= 4 is 18.0 Å². The van der Waals surface area contributed by atoms with E-state index in [1.54, 1.807) is 0 Å². The fourth-order valence-corrected chi connectivity index (χ4v) is 3.95. The van der Waals surface area contributed by atoms with Gasteiger partial charge in [0.05, 0.1) is 39.6 Å². The van der Waals surface area contributed by atoms with Crippen LogP contribution in [0.2, 0.25) is 0 Å². The van der Waals surface area contributed by atoms with E-state index >= 15 is 0 Å². The lowest BCUT2D eigenvalue weighted by Crippen LogP contribution is -2.31. The first-order chi connectivity index (χ1) is 18.6. The van der Waals surface area contributed by atoms with E-state index in [4.69, 9.17) is 28.8 Å². The van der Waals surface area contributed by atoms with Gasteiger partial charge >= 0.3 is 12.1 Å². The third-order valence-electron chi connectivity index (χ3n) is 5.63. The number of ether oxygens (including phenoxy) is 5. The molecule has 206 valence electrons. The summed E-state index contributed by atoms with van der Waals surface area (Å²) in [5.41, 5.74) is 4.67. The Morgan fingerprint density at radius 3 is 1.82 bits per heavy atom. The fraction of sp³-hybridized carbons (Fsp3) is 0.444. The van der Waals surface area contributed by atoms with Crippen LogP contribution in [0.25, 0.3) is 11.1 Å². The Balaban J connectivity index is 1.15. The van der Waals surface area contributed by atoms with Crippen LogP contribution in [-0.2, 0) is 33.3 Å². The minimum absolute atomic E-state index is 0.0105. The number of rotatable bonds is 18. The van der Waals surface area contributed by atoms with E-state index in [0.29, 0.717) is 13.1 Å². The van der Waals surface area contributed by atoms with Crippen molar-refractivity contribution in [2.24, 2.45) is 0 Å². The Morgan fingerprint density at radius 2 is 1.21 bits per heavy atom. The molecule has 0 radical (unpaired) electrons. The lowest BCUT2D eigenvalue weighted by atomic mass is 9.98. The van der Waals surface area contributed by atoms with Crippen molar-refractivity contribution in [2.45, 2.75) is 5.92 Å². The van der Waals surface area contributed by atoms with Crippen LogP contribution in [0, 0.1) is 0 Å². The number of hydrogen-bond donors (Lipinski definition) is 3. The van der Waals surface area contributed by atoms with E-state index in [1.165, 1.54) is 11.1 Å². The summed E-state index contributed by atoms with van der Waals surface area (Å²) in [6.07, 6.45) is -0.500. The Hall–Kier alpha value is -3.51. The number of fused-ring (bicyclic) bond motifs is 3. The molecule has 0 saturated carbocycles. The highest BCUT2D eigenvalue weighted by Crippen LogP contribution is 2.44. The molecule has 0 spiro atoms. The van der Waals surface area contributed by atoms with E-state index in [-0.39, 0.29) is 71.3 Å². The monoisotopic (exact) mass is 530 g/mol. The molecule has 11 nitrogen and oxygen atoms in total. The van der Waals surface area contributed by atoms with Gasteiger partial charge in [0, 0.05) is 19.0 Å².